The van der Waals surface area contributed by atoms with Crippen LogP contribution in [0.1, 0.15) is 38.1 Å². The topological polar surface area (TPSA) is 141 Å². The molecule has 1 aliphatic rings. The predicted octanol–water partition coefficient (Wildman–Crippen LogP) is 1.57. The predicted molar refractivity (Wildman–Crippen MR) is 117 cm³/mol. The monoisotopic (exact) mass is 578 g/mol. The lowest BCUT2D eigenvalue weighted by Crippen LogP contribution is -2.63. The van der Waals surface area contributed by atoms with Crippen molar-refractivity contribution < 1.29 is 52.4 Å². The summed E-state index contributed by atoms with van der Waals surface area (Å²) in [5, 5.41) is 0. The minimum atomic E-state index is -1.41. The molecule has 33 heavy (non-hydrogen) atoms. The van der Waals surface area contributed by atoms with E-state index in [1.54, 1.807) is 12.1 Å². The molecule has 1 fully saturated rings. The molecule has 1 aromatic carbocycles. The Kier molecular flexibility index (Phi) is 9.58. The van der Waals surface area contributed by atoms with Crippen LogP contribution >= 0.6 is 22.6 Å². The molecule has 1 saturated heterocycles. The van der Waals surface area contributed by atoms with Crippen molar-refractivity contribution in [1.82, 2.24) is 0 Å². The second-order valence-electron chi connectivity index (χ2n) is 6.99. The van der Waals surface area contributed by atoms with E-state index in [0.717, 1.165) is 24.3 Å². The first kappa shape index (κ1) is 26.5. The van der Waals surface area contributed by atoms with Gasteiger partial charge in [0.05, 0.1) is 5.56 Å². The number of hydrogen-bond acceptors (Lipinski definition) is 11. The third-order valence-corrected chi connectivity index (χ3v) is 4.96. The van der Waals surface area contributed by atoms with Crippen molar-refractivity contribution in [2.75, 3.05) is 6.61 Å². The van der Waals surface area contributed by atoms with Gasteiger partial charge in [0.15, 0.2) is 18.5 Å². The average Bonchev–Trinajstić information content (AvgIpc) is 2.70. The number of rotatable bonds is 8. The van der Waals surface area contributed by atoms with Gasteiger partial charge in [-0.05, 0) is 40.8 Å². The Morgan fingerprint density at radius 2 is 1.48 bits per heavy atom. The summed E-state index contributed by atoms with van der Waals surface area (Å²) in [6.45, 7) is 4.15. The second kappa shape index (κ2) is 11.9. The Hall–Kier alpha value is -2.74. The van der Waals surface area contributed by atoms with Crippen molar-refractivity contribution in [3.05, 3.63) is 27.3 Å². The van der Waals surface area contributed by atoms with E-state index in [4.69, 9.17) is 28.4 Å². The van der Waals surface area contributed by atoms with Crippen molar-refractivity contribution >= 4 is 52.8 Å². The quantitative estimate of drug-likeness (QED) is 0.192. The standard InChI is InChI=1S/C21H23IO11/c1-10(24)28-9-17-18(29-11(2)25)19(30-12(3)26)20(31-13(4)27)21(33-17)32-16-7-15(22)6-5-14(16)8-23/h5-8,17-21H,9H2,1-4H3/t17-,18+,19+,20-,21-/m1/s1. The lowest BCUT2D eigenvalue weighted by atomic mass is 9.98. The molecule has 1 aliphatic heterocycles. The van der Waals surface area contributed by atoms with Gasteiger partial charge in [0.1, 0.15) is 18.5 Å². The van der Waals surface area contributed by atoms with E-state index in [-0.39, 0.29) is 17.9 Å². The third-order valence-electron chi connectivity index (χ3n) is 4.29. The van der Waals surface area contributed by atoms with Gasteiger partial charge in [0, 0.05) is 31.3 Å². The number of esters is 4. The molecule has 0 aromatic heterocycles. The number of hydrogen-bond donors (Lipinski definition) is 0. The molecule has 11 nitrogen and oxygen atoms in total. The molecule has 0 radical (unpaired) electrons. The highest BCUT2D eigenvalue weighted by Crippen LogP contribution is 2.32. The van der Waals surface area contributed by atoms with Crippen LogP contribution in [0.15, 0.2) is 18.2 Å². The summed E-state index contributed by atoms with van der Waals surface area (Å²) in [6, 6.07) is 4.76. The molecule has 2 rings (SSSR count). The minimum absolute atomic E-state index is 0.109. The zero-order valence-electron chi connectivity index (χ0n) is 18.3. The van der Waals surface area contributed by atoms with Gasteiger partial charge >= 0.3 is 23.9 Å². The van der Waals surface area contributed by atoms with Crippen LogP contribution in [0.25, 0.3) is 0 Å². The summed E-state index contributed by atoms with van der Waals surface area (Å²) in [6.07, 6.45) is -6.05. The Balaban J connectivity index is 2.52. The number of carbonyl (C=O) groups excluding carboxylic acids is 5. The fourth-order valence-corrected chi connectivity index (χ4v) is 3.58. The van der Waals surface area contributed by atoms with E-state index >= 15 is 0 Å². The van der Waals surface area contributed by atoms with E-state index in [9.17, 15) is 24.0 Å². The van der Waals surface area contributed by atoms with Gasteiger partial charge in [-0.2, -0.15) is 0 Å². The van der Waals surface area contributed by atoms with Crippen LogP contribution < -0.4 is 4.74 Å². The van der Waals surface area contributed by atoms with Crippen LogP contribution in [0, 0.1) is 3.57 Å². The summed E-state index contributed by atoms with van der Waals surface area (Å²) in [7, 11) is 0. The molecule has 0 aliphatic carbocycles. The molecule has 0 spiro atoms. The zero-order chi connectivity index (χ0) is 24.7. The number of carbonyl (C=O) groups is 5. The van der Waals surface area contributed by atoms with Gasteiger partial charge in [-0.25, -0.2) is 0 Å². The molecule has 0 amide bonds. The lowest BCUT2D eigenvalue weighted by molar-refractivity contribution is -0.288. The Bertz CT molecular complexity index is 915. The molecule has 0 unspecified atom stereocenters. The van der Waals surface area contributed by atoms with Crippen LogP contribution in [0.5, 0.6) is 5.75 Å². The first-order chi connectivity index (χ1) is 15.5. The van der Waals surface area contributed by atoms with Gasteiger partial charge in [-0.1, -0.05) is 0 Å². The highest BCUT2D eigenvalue weighted by atomic mass is 127. The maximum Gasteiger partial charge on any atom is 0.303 e. The summed E-state index contributed by atoms with van der Waals surface area (Å²) in [4.78, 5) is 58.3. The number of aldehydes is 1. The first-order valence-corrected chi connectivity index (χ1v) is 10.8. The van der Waals surface area contributed by atoms with Crippen LogP contribution in [-0.2, 0) is 42.9 Å². The third kappa shape index (κ3) is 7.67. The van der Waals surface area contributed by atoms with Crippen LogP contribution in [-0.4, -0.2) is 67.5 Å². The molecule has 1 aromatic rings. The number of benzene rings is 1. The van der Waals surface area contributed by atoms with Gasteiger partial charge in [0.2, 0.25) is 12.4 Å². The average molecular weight is 578 g/mol. The fraction of sp³-hybridized carbons (Fsp3) is 0.476. The highest BCUT2D eigenvalue weighted by molar-refractivity contribution is 14.1. The van der Waals surface area contributed by atoms with Crippen molar-refractivity contribution in [2.45, 2.75) is 58.4 Å². The van der Waals surface area contributed by atoms with Crippen molar-refractivity contribution in [3.8, 4) is 5.75 Å². The van der Waals surface area contributed by atoms with E-state index in [0.29, 0.717) is 6.29 Å². The second-order valence-corrected chi connectivity index (χ2v) is 8.23. The number of halogens is 1. The Morgan fingerprint density at radius 3 is 2.03 bits per heavy atom. The van der Waals surface area contributed by atoms with E-state index in [2.05, 4.69) is 0 Å². The van der Waals surface area contributed by atoms with Gasteiger partial charge < -0.3 is 28.4 Å². The lowest BCUT2D eigenvalue weighted by Gasteiger charge is -2.44. The molecular weight excluding hydrogens is 555 g/mol. The fourth-order valence-electron chi connectivity index (χ4n) is 3.12. The molecule has 180 valence electrons. The van der Waals surface area contributed by atoms with Crippen molar-refractivity contribution in [3.63, 3.8) is 0 Å². The maximum atomic E-state index is 11.8. The van der Waals surface area contributed by atoms with Crippen molar-refractivity contribution in [2.24, 2.45) is 0 Å². The van der Waals surface area contributed by atoms with Crippen LogP contribution in [0.4, 0.5) is 0 Å². The smallest absolute Gasteiger partial charge is 0.303 e. The summed E-state index contributed by atoms with van der Waals surface area (Å²) in [5.41, 5.74) is 0.184. The van der Waals surface area contributed by atoms with E-state index < -0.39 is 54.6 Å². The molecule has 12 heteroatoms. The minimum Gasteiger partial charge on any atom is -0.463 e. The summed E-state index contributed by atoms with van der Waals surface area (Å²) < 4.78 is 33.4. The van der Waals surface area contributed by atoms with Gasteiger partial charge in [-0.15, -0.1) is 0 Å². The van der Waals surface area contributed by atoms with Crippen molar-refractivity contribution in [1.29, 1.82) is 0 Å². The SMILES string of the molecule is CC(=O)OC[C@H]1O[C@@H](Oc2cc(I)ccc2C=O)[C@H](OC(C)=O)[C@@H](OC(C)=O)[C@H]1OC(C)=O. The zero-order valence-corrected chi connectivity index (χ0v) is 20.4. The normalized spacial score (nSPS) is 24.2. The van der Waals surface area contributed by atoms with E-state index in [1.165, 1.54) is 13.0 Å². The Labute approximate surface area is 203 Å². The maximum absolute atomic E-state index is 11.8. The van der Waals surface area contributed by atoms with Crippen LogP contribution in [0.2, 0.25) is 0 Å². The molecule has 1 heterocycles. The summed E-state index contributed by atoms with van der Waals surface area (Å²) >= 11 is 2.01. The largest absolute Gasteiger partial charge is 0.463 e. The van der Waals surface area contributed by atoms with Crippen LogP contribution in [0.3, 0.4) is 0 Å². The molecular formula is C21H23IO11. The van der Waals surface area contributed by atoms with Gasteiger partial charge in [-0.3, -0.25) is 24.0 Å². The first-order valence-electron chi connectivity index (χ1n) is 9.73. The van der Waals surface area contributed by atoms with Gasteiger partial charge in [0.25, 0.3) is 0 Å². The molecule has 0 bridgehead atoms. The molecule has 0 N–H and O–H groups in total. The van der Waals surface area contributed by atoms with E-state index in [1.807, 2.05) is 22.6 Å². The summed E-state index contributed by atoms with van der Waals surface area (Å²) in [5.74, 6) is -2.78. The molecule has 5 atom stereocenters. The number of ether oxygens (including phenoxy) is 6. The highest BCUT2D eigenvalue weighted by Gasteiger charge is 2.53. The molecule has 0 saturated carbocycles. The Morgan fingerprint density at radius 1 is 0.909 bits per heavy atom.